The van der Waals surface area contributed by atoms with E-state index in [-0.39, 0.29) is 36.4 Å². The van der Waals surface area contributed by atoms with Crippen LogP contribution in [0, 0.1) is 0 Å². The number of nitrogens with one attached hydrogen (secondary N) is 1. The molecular weight excluding hydrogens is 575 g/mol. The Morgan fingerprint density at radius 3 is 2.56 bits per heavy atom. The van der Waals surface area contributed by atoms with Crippen LogP contribution in [0.25, 0.3) is 22.5 Å². The van der Waals surface area contributed by atoms with E-state index in [1.54, 1.807) is 21.6 Å². The number of anilines is 1. The van der Waals surface area contributed by atoms with Crippen LogP contribution < -0.4 is 10.6 Å². The molecule has 0 aliphatic carbocycles. The van der Waals surface area contributed by atoms with Crippen LogP contribution in [0.2, 0.25) is 10.0 Å². The van der Waals surface area contributed by atoms with Gasteiger partial charge in [0.1, 0.15) is 6.42 Å². The number of fused-ring (bicyclic) bond motifs is 1. The summed E-state index contributed by atoms with van der Waals surface area (Å²) < 4.78 is 13.0. The van der Waals surface area contributed by atoms with Crippen molar-refractivity contribution in [1.82, 2.24) is 24.6 Å². The minimum atomic E-state index is -0.250. The van der Waals surface area contributed by atoms with Gasteiger partial charge < -0.3 is 29.0 Å². The number of rotatable bonds is 5. The second-order valence-electron chi connectivity index (χ2n) is 9.63. The predicted molar refractivity (Wildman–Crippen MR) is 153 cm³/mol. The highest BCUT2D eigenvalue weighted by atomic mass is 35.5. The quantitative estimate of drug-likeness (QED) is 0.327. The third kappa shape index (κ3) is 6.39. The molecule has 2 aliphatic rings. The topological polar surface area (TPSA) is 147 Å². The summed E-state index contributed by atoms with van der Waals surface area (Å²) in [5.74, 6) is 0.483. The Morgan fingerprint density at radius 1 is 1.10 bits per heavy atom. The van der Waals surface area contributed by atoms with Crippen LogP contribution in [0.3, 0.4) is 0 Å². The number of carbonyl (C=O) groups is 2. The van der Waals surface area contributed by atoms with E-state index in [1.807, 2.05) is 24.3 Å². The minimum absolute atomic E-state index is 0.0111. The van der Waals surface area contributed by atoms with Crippen molar-refractivity contribution in [2.75, 3.05) is 44.3 Å². The Bertz CT molecular complexity index is 1590. The van der Waals surface area contributed by atoms with Crippen molar-refractivity contribution < 1.29 is 23.8 Å². The van der Waals surface area contributed by atoms with Gasteiger partial charge in [-0.05, 0) is 43.2 Å². The normalized spacial score (nSPS) is 16.0. The Hall–Kier alpha value is -3.87. The molecule has 1 amide bonds. The zero-order chi connectivity index (χ0) is 28.9. The number of aromatic amines is 1. The average Bonchev–Trinajstić information content (AvgIpc) is 3.58. The second-order valence-corrected chi connectivity index (χ2v) is 10.5. The van der Waals surface area contributed by atoms with E-state index in [1.165, 1.54) is 0 Å². The van der Waals surface area contributed by atoms with Gasteiger partial charge in [0.2, 0.25) is 17.7 Å². The standard InChI is InChI=1S/C26H26Cl2N6O4.CH2O2/c27-17-12-16(13-19(14-17)32-8-10-37-11-9-32)25-31-30-22(38-25)15-23(35)33-6-4-18(5-7-33)34-21-3-1-2-20(28)24(21)29-26(34)36;2-1-3/h1-3,12-14,18H,4-11,15H2,(H,29,36);1H,(H,2,3). The number of piperidine rings is 1. The van der Waals surface area contributed by atoms with Gasteiger partial charge in [-0.25, -0.2) is 4.79 Å². The van der Waals surface area contributed by atoms with Crippen LogP contribution in [0.4, 0.5) is 5.69 Å². The van der Waals surface area contributed by atoms with Gasteiger partial charge in [-0.3, -0.25) is 14.2 Å². The van der Waals surface area contributed by atoms with Crippen molar-refractivity contribution in [3.63, 3.8) is 0 Å². The summed E-state index contributed by atoms with van der Waals surface area (Å²) in [6.45, 7) is 3.70. The number of carbonyl (C=O) groups excluding carboxylic acids is 1. The minimum Gasteiger partial charge on any atom is -0.483 e. The second kappa shape index (κ2) is 12.8. The molecule has 4 heterocycles. The number of hydrogen-bond donors (Lipinski definition) is 2. The summed E-state index contributed by atoms with van der Waals surface area (Å²) in [5.41, 5.74) is 2.90. The number of carboxylic acid groups (broad SMARTS) is 1. The smallest absolute Gasteiger partial charge is 0.326 e. The zero-order valence-electron chi connectivity index (χ0n) is 22.0. The number of likely N-dealkylation sites (tertiary alicyclic amines) is 1. The maximum atomic E-state index is 13.0. The summed E-state index contributed by atoms with van der Waals surface area (Å²) in [6.07, 6.45) is 1.33. The van der Waals surface area contributed by atoms with Crippen LogP contribution in [0.5, 0.6) is 0 Å². The highest BCUT2D eigenvalue weighted by molar-refractivity contribution is 6.34. The molecule has 0 radical (unpaired) electrons. The molecule has 0 saturated carbocycles. The predicted octanol–water partition coefficient (Wildman–Crippen LogP) is 3.63. The summed E-state index contributed by atoms with van der Waals surface area (Å²) in [4.78, 5) is 40.8. The number of para-hydroxylation sites is 1. The third-order valence-electron chi connectivity index (χ3n) is 7.16. The number of nitrogens with zero attached hydrogens (tertiary/aromatic N) is 5. The van der Waals surface area contributed by atoms with Crippen molar-refractivity contribution in [3.8, 4) is 11.5 Å². The summed E-state index contributed by atoms with van der Waals surface area (Å²) in [6, 6.07) is 11.1. The molecule has 0 bridgehead atoms. The lowest BCUT2D eigenvalue weighted by Gasteiger charge is -2.32. The van der Waals surface area contributed by atoms with Gasteiger partial charge in [0.25, 0.3) is 6.47 Å². The lowest BCUT2D eigenvalue weighted by Crippen LogP contribution is -2.41. The number of H-pyrrole nitrogens is 1. The van der Waals surface area contributed by atoms with E-state index >= 15 is 0 Å². The van der Waals surface area contributed by atoms with Crippen molar-refractivity contribution in [3.05, 3.63) is 62.8 Å². The fraction of sp³-hybridized carbons (Fsp3) is 0.370. The first-order valence-electron chi connectivity index (χ1n) is 13.1. The molecule has 0 unspecified atom stereocenters. The SMILES string of the molecule is O=C(Cc1nnc(-c2cc(Cl)cc(N3CCOCC3)c2)o1)N1CCC(n2c(=O)[nH]c3c(Cl)cccc32)CC1.O=CO. The van der Waals surface area contributed by atoms with Gasteiger partial charge in [-0.15, -0.1) is 10.2 Å². The molecule has 2 fully saturated rings. The number of ether oxygens (including phenoxy) is 1. The summed E-state index contributed by atoms with van der Waals surface area (Å²) >= 11 is 12.6. The number of imidazole rings is 1. The van der Waals surface area contributed by atoms with Crippen LogP contribution in [-0.2, 0) is 20.7 Å². The summed E-state index contributed by atoms with van der Waals surface area (Å²) in [7, 11) is 0. The number of hydrogen-bond acceptors (Lipinski definition) is 8. The monoisotopic (exact) mass is 602 g/mol. The molecule has 216 valence electrons. The fourth-order valence-electron chi connectivity index (χ4n) is 5.23. The highest BCUT2D eigenvalue weighted by Crippen LogP contribution is 2.30. The molecule has 12 nitrogen and oxygen atoms in total. The molecule has 0 atom stereocenters. The Balaban J connectivity index is 0.00000108. The third-order valence-corrected chi connectivity index (χ3v) is 7.69. The maximum absolute atomic E-state index is 13.0. The molecule has 2 saturated heterocycles. The first kappa shape index (κ1) is 28.7. The van der Waals surface area contributed by atoms with Crippen molar-refractivity contribution in [1.29, 1.82) is 0 Å². The first-order chi connectivity index (χ1) is 19.9. The molecule has 41 heavy (non-hydrogen) atoms. The Kier molecular flexibility index (Phi) is 8.91. The molecule has 2 aliphatic heterocycles. The van der Waals surface area contributed by atoms with Crippen LogP contribution in [0.1, 0.15) is 24.8 Å². The zero-order valence-corrected chi connectivity index (χ0v) is 23.5. The lowest BCUT2D eigenvalue weighted by molar-refractivity contribution is -0.132. The van der Waals surface area contributed by atoms with Gasteiger partial charge in [0.05, 0.1) is 29.3 Å². The van der Waals surface area contributed by atoms with Crippen LogP contribution in [0.15, 0.2) is 45.6 Å². The Labute approximate surface area is 244 Å². The number of morpholine rings is 1. The number of benzene rings is 2. The highest BCUT2D eigenvalue weighted by Gasteiger charge is 2.27. The van der Waals surface area contributed by atoms with E-state index in [9.17, 15) is 9.59 Å². The van der Waals surface area contributed by atoms with Gasteiger partial charge in [-0.2, -0.15) is 0 Å². The van der Waals surface area contributed by atoms with Gasteiger partial charge >= 0.3 is 5.69 Å². The molecule has 0 spiro atoms. The molecule has 2 N–H and O–H groups in total. The van der Waals surface area contributed by atoms with Crippen molar-refractivity contribution >= 4 is 52.3 Å². The molecule has 4 aromatic rings. The van der Waals surface area contributed by atoms with Gasteiger partial charge in [-0.1, -0.05) is 29.3 Å². The van der Waals surface area contributed by atoms with Crippen LogP contribution >= 0.6 is 23.2 Å². The number of halogens is 2. The summed E-state index contributed by atoms with van der Waals surface area (Å²) in [5, 5.41) is 16.2. The van der Waals surface area contributed by atoms with Crippen molar-refractivity contribution in [2.45, 2.75) is 25.3 Å². The molecule has 2 aromatic carbocycles. The van der Waals surface area contributed by atoms with Gasteiger partial charge in [0.15, 0.2) is 0 Å². The lowest BCUT2D eigenvalue weighted by atomic mass is 10.0. The fourth-order valence-corrected chi connectivity index (χ4v) is 5.68. The molecule has 6 rings (SSSR count). The first-order valence-corrected chi connectivity index (χ1v) is 13.8. The largest absolute Gasteiger partial charge is 0.483 e. The van der Waals surface area contributed by atoms with Crippen LogP contribution in [-0.4, -0.2) is 81.5 Å². The molecule has 14 heteroatoms. The molecular formula is C27H28Cl2N6O6. The average molecular weight is 603 g/mol. The maximum Gasteiger partial charge on any atom is 0.326 e. The van der Waals surface area contributed by atoms with E-state index in [0.717, 1.165) is 24.3 Å². The Morgan fingerprint density at radius 2 is 1.83 bits per heavy atom. The van der Waals surface area contributed by atoms with E-state index in [4.69, 9.17) is 42.3 Å². The number of amides is 1. The van der Waals surface area contributed by atoms with E-state index in [2.05, 4.69) is 20.1 Å². The van der Waals surface area contributed by atoms with E-state index in [0.29, 0.717) is 66.2 Å². The van der Waals surface area contributed by atoms with E-state index < -0.39 is 0 Å². The van der Waals surface area contributed by atoms with Crippen molar-refractivity contribution in [2.24, 2.45) is 0 Å². The molecule has 2 aromatic heterocycles. The van der Waals surface area contributed by atoms with Gasteiger partial charge in [0, 0.05) is 48.5 Å². The number of aromatic nitrogens is 4.